The summed E-state index contributed by atoms with van der Waals surface area (Å²) in [6, 6.07) is -1.43. The molecule has 0 amide bonds. The number of piperidine rings is 1. The highest BCUT2D eigenvalue weighted by Gasteiger charge is 2.53. The van der Waals surface area contributed by atoms with Crippen LogP contribution in [0.1, 0.15) is 40.5 Å². The van der Waals surface area contributed by atoms with Crippen molar-refractivity contribution >= 4 is 29.9 Å². The summed E-state index contributed by atoms with van der Waals surface area (Å²) in [5.41, 5.74) is -7.49. The van der Waals surface area contributed by atoms with Crippen molar-refractivity contribution in [3.8, 4) is 0 Å². The fraction of sp³-hybridized carbons (Fsp3) is 1.00. The standard InChI is InChI=1S/C23H48N2O13S3/c1-20(2,28)23(15-27,17-8-10-25(11-9-17)41(7,35)36)38-12-18(24-40(6,33)34)22(4,30)16-37-13-19(39(5,31)32)21(3,29)14-26/h17-19,24,26-30H,8-16H2,1-7H3. The van der Waals surface area contributed by atoms with E-state index in [1.807, 2.05) is 0 Å². The minimum absolute atomic E-state index is 0.111. The van der Waals surface area contributed by atoms with Crippen LogP contribution in [0.4, 0.5) is 0 Å². The molecule has 15 nitrogen and oxygen atoms in total. The quantitative estimate of drug-likeness (QED) is 0.0918. The molecule has 0 radical (unpaired) electrons. The van der Waals surface area contributed by atoms with Crippen LogP contribution >= 0.6 is 0 Å². The first kappa shape index (κ1) is 38.5. The van der Waals surface area contributed by atoms with Crippen molar-refractivity contribution < 1.29 is 60.3 Å². The fourth-order valence-corrected chi connectivity index (χ4v) is 8.04. The predicted molar refractivity (Wildman–Crippen MR) is 151 cm³/mol. The van der Waals surface area contributed by atoms with Gasteiger partial charge in [-0.05, 0) is 46.5 Å². The molecule has 0 aromatic rings. The Morgan fingerprint density at radius 1 is 0.854 bits per heavy atom. The van der Waals surface area contributed by atoms with Crippen LogP contribution in [-0.4, -0.2) is 154 Å². The molecule has 0 aromatic heterocycles. The van der Waals surface area contributed by atoms with Gasteiger partial charge in [-0.15, -0.1) is 0 Å². The highest BCUT2D eigenvalue weighted by Crippen LogP contribution is 2.40. The molecule has 1 saturated heterocycles. The van der Waals surface area contributed by atoms with Gasteiger partial charge in [0.1, 0.15) is 22.1 Å². The number of hydrogen-bond acceptors (Lipinski definition) is 13. The molecule has 18 heteroatoms. The van der Waals surface area contributed by atoms with Crippen LogP contribution < -0.4 is 4.72 Å². The van der Waals surface area contributed by atoms with Gasteiger partial charge in [-0.2, -0.15) is 0 Å². The molecule has 1 aliphatic rings. The Hall–Kier alpha value is -0.510. The summed E-state index contributed by atoms with van der Waals surface area (Å²) in [6.45, 7) is 1.86. The highest BCUT2D eigenvalue weighted by atomic mass is 32.2. The first-order valence-electron chi connectivity index (χ1n) is 13.0. The number of sulfone groups is 1. The van der Waals surface area contributed by atoms with Crippen LogP contribution in [-0.2, 0) is 39.4 Å². The first-order valence-corrected chi connectivity index (χ1v) is 18.6. The molecule has 41 heavy (non-hydrogen) atoms. The lowest BCUT2D eigenvalue weighted by Gasteiger charge is -2.50. The lowest BCUT2D eigenvalue weighted by Crippen LogP contribution is -2.64. The Kier molecular flexibility index (Phi) is 12.8. The number of hydrogen-bond donors (Lipinski definition) is 6. The highest BCUT2D eigenvalue weighted by molar-refractivity contribution is 7.91. The smallest absolute Gasteiger partial charge is 0.211 e. The van der Waals surface area contributed by atoms with E-state index in [4.69, 9.17) is 9.47 Å². The topological polar surface area (TPSA) is 237 Å². The largest absolute Gasteiger partial charge is 0.393 e. The van der Waals surface area contributed by atoms with E-state index in [1.165, 1.54) is 25.1 Å². The molecule has 246 valence electrons. The van der Waals surface area contributed by atoms with Gasteiger partial charge in [-0.25, -0.2) is 34.3 Å². The number of aliphatic hydroxyl groups excluding tert-OH is 2. The molecule has 0 saturated carbocycles. The second kappa shape index (κ2) is 13.6. The number of ether oxygens (including phenoxy) is 2. The summed E-state index contributed by atoms with van der Waals surface area (Å²) in [7, 11) is -11.4. The molecule has 0 bridgehead atoms. The van der Waals surface area contributed by atoms with Crippen LogP contribution in [0, 0.1) is 5.92 Å². The third-order valence-corrected chi connectivity index (χ3v) is 11.4. The van der Waals surface area contributed by atoms with E-state index in [1.54, 1.807) is 0 Å². The molecule has 1 rings (SSSR count). The molecular weight excluding hydrogens is 608 g/mol. The van der Waals surface area contributed by atoms with Crippen molar-refractivity contribution in [2.24, 2.45) is 5.92 Å². The van der Waals surface area contributed by atoms with E-state index >= 15 is 0 Å². The van der Waals surface area contributed by atoms with E-state index < -0.39 is 103 Å². The average molecular weight is 657 g/mol. The third-order valence-electron chi connectivity index (χ3n) is 7.66. The van der Waals surface area contributed by atoms with E-state index in [0.29, 0.717) is 0 Å². The number of sulfonamides is 2. The Labute approximate surface area is 243 Å². The second-order valence-corrected chi connectivity index (χ2v) is 18.0. The third kappa shape index (κ3) is 10.6. The van der Waals surface area contributed by atoms with Gasteiger partial charge < -0.3 is 35.0 Å². The van der Waals surface area contributed by atoms with Gasteiger partial charge >= 0.3 is 0 Å². The van der Waals surface area contributed by atoms with Crippen LogP contribution in [0.15, 0.2) is 0 Å². The normalized spacial score (nSPS) is 22.8. The van der Waals surface area contributed by atoms with Crippen LogP contribution in [0.25, 0.3) is 0 Å². The predicted octanol–water partition coefficient (Wildman–Crippen LogP) is -2.98. The fourth-order valence-electron chi connectivity index (χ4n) is 4.99. The van der Waals surface area contributed by atoms with Crippen LogP contribution in [0.3, 0.4) is 0 Å². The monoisotopic (exact) mass is 656 g/mol. The van der Waals surface area contributed by atoms with Crippen molar-refractivity contribution in [2.75, 3.05) is 64.9 Å². The lowest BCUT2D eigenvalue weighted by molar-refractivity contribution is -0.229. The minimum Gasteiger partial charge on any atom is -0.393 e. The van der Waals surface area contributed by atoms with E-state index in [-0.39, 0.29) is 25.9 Å². The average Bonchev–Trinajstić information content (AvgIpc) is 2.78. The Morgan fingerprint density at radius 3 is 1.73 bits per heavy atom. The van der Waals surface area contributed by atoms with E-state index in [0.717, 1.165) is 25.7 Å². The summed E-state index contributed by atoms with van der Waals surface area (Å²) >= 11 is 0. The summed E-state index contributed by atoms with van der Waals surface area (Å²) in [5.74, 6) is -0.554. The molecule has 1 heterocycles. The molecular formula is C23H48N2O13S3. The van der Waals surface area contributed by atoms with Gasteiger partial charge in [0.25, 0.3) is 0 Å². The molecule has 0 aliphatic carbocycles. The number of nitrogens with one attached hydrogen (secondary N) is 1. The molecule has 0 spiro atoms. The summed E-state index contributed by atoms with van der Waals surface area (Å²) in [6.07, 6.45) is 3.20. The van der Waals surface area contributed by atoms with E-state index in [9.17, 15) is 50.8 Å². The maximum absolute atomic E-state index is 12.2. The van der Waals surface area contributed by atoms with Crippen molar-refractivity contribution in [1.29, 1.82) is 0 Å². The van der Waals surface area contributed by atoms with Gasteiger partial charge in [0, 0.05) is 19.3 Å². The zero-order valence-electron chi connectivity index (χ0n) is 24.8. The van der Waals surface area contributed by atoms with Crippen LogP contribution in [0.2, 0.25) is 0 Å². The Bertz CT molecular complexity index is 1170. The van der Waals surface area contributed by atoms with Gasteiger partial charge in [0.05, 0.1) is 57.2 Å². The van der Waals surface area contributed by atoms with E-state index in [2.05, 4.69) is 4.72 Å². The summed E-state index contributed by atoms with van der Waals surface area (Å²) < 4.78 is 87.6. The number of aliphatic hydroxyl groups is 5. The summed E-state index contributed by atoms with van der Waals surface area (Å²) in [5, 5.41) is 50.9. The van der Waals surface area contributed by atoms with Crippen molar-refractivity contribution in [3.05, 3.63) is 0 Å². The Morgan fingerprint density at radius 2 is 1.37 bits per heavy atom. The number of rotatable bonds is 17. The molecule has 6 N–H and O–H groups in total. The zero-order chi connectivity index (χ0) is 32.3. The van der Waals surface area contributed by atoms with Crippen LogP contribution in [0.5, 0.6) is 0 Å². The molecule has 5 unspecified atom stereocenters. The lowest BCUT2D eigenvalue weighted by atomic mass is 9.71. The molecule has 0 aromatic carbocycles. The van der Waals surface area contributed by atoms with Gasteiger partial charge in [-0.3, -0.25) is 0 Å². The van der Waals surface area contributed by atoms with Gasteiger partial charge in [0.15, 0.2) is 9.84 Å². The van der Waals surface area contributed by atoms with Crippen molar-refractivity contribution in [3.63, 3.8) is 0 Å². The maximum atomic E-state index is 12.2. The molecule has 5 atom stereocenters. The molecule has 1 aliphatic heterocycles. The Balaban J connectivity index is 3.24. The summed E-state index contributed by atoms with van der Waals surface area (Å²) in [4.78, 5) is 0. The minimum atomic E-state index is -3.97. The number of nitrogens with zero attached hydrogens (tertiary/aromatic N) is 1. The maximum Gasteiger partial charge on any atom is 0.211 e. The first-order chi connectivity index (χ1) is 18.2. The zero-order valence-corrected chi connectivity index (χ0v) is 27.2. The second-order valence-electron chi connectivity index (χ2n) is 12.0. The van der Waals surface area contributed by atoms with Crippen molar-refractivity contribution in [2.45, 2.75) is 74.2 Å². The van der Waals surface area contributed by atoms with Gasteiger partial charge in [-0.1, -0.05) is 0 Å². The van der Waals surface area contributed by atoms with Gasteiger partial charge in [0.2, 0.25) is 20.0 Å². The SMILES string of the molecule is CC(O)(COCC(C(C)(O)CO)S(C)(=O)=O)C(COC(CO)(C1CCN(S(C)(=O)=O)CC1)C(C)(C)O)NS(C)(=O)=O. The molecule has 1 fully saturated rings. The van der Waals surface area contributed by atoms with Crippen molar-refractivity contribution in [1.82, 2.24) is 9.03 Å².